The molecule has 4 heteroatoms. The fraction of sp³-hybridized carbons (Fsp3) is 0.333. The average molecular weight is 277 g/mol. The molecule has 100 valence electrons. The highest BCUT2D eigenvalue weighted by atomic mass is 35.5. The topological polar surface area (TPSA) is 35.0 Å². The second-order valence-electron chi connectivity index (χ2n) is 4.60. The second kappa shape index (κ2) is 6.02. The minimum Gasteiger partial charge on any atom is -0.439 e. The Labute approximate surface area is 118 Å². The molecule has 1 unspecified atom stereocenters. The lowest BCUT2D eigenvalue weighted by molar-refractivity contribution is 0.460. The van der Waals surface area contributed by atoms with Gasteiger partial charge < -0.3 is 4.74 Å². The average Bonchev–Trinajstić information content (AvgIpc) is 2.37. The third-order valence-corrected chi connectivity index (χ3v) is 3.26. The Kier molecular flexibility index (Phi) is 4.38. The molecule has 0 amide bonds. The summed E-state index contributed by atoms with van der Waals surface area (Å²) in [5.74, 6) is 1.78. The summed E-state index contributed by atoms with van der Waals surface area (Å²) in [6, 6.07) is 9.83. The molecule has 3 nitrogen and oxygen atoms in total. The van der Waals surface area contributed by atoms with Gasteiger partial charge in [0.2, 0.25) is 11.2 Å². The summed E-state index contributed by atoms with van der Waals surface area (Å²) < 4.78 is 5.67. The highest BCUT2D eigenvalue weighted by molar-refractivity contribution is 6.28. The smallest absolute Gasteiger partial charge is 0.225 e. The van der Waals surface area contributed by atoms with E-state index in [1.807, 2.05) is 19.1 Å². The zero-order valence-corrected chi connectivity index (χ0v) is 12.1. The molecule has 0 saturated carbocycles. The molecule has 1 heterocycles. The summed E-state index contributed by atoms with van der Waals surface area (Å²) >= 11 is 5.80. The highest BCUT2D eigenvalue weighted by Crippen LogP contribution is 2.25. The van der Waals surface area contributed by atoms with E-state index in [0.29, 0.717) is 11.8 Å². The van der Waals surface area contributed by atoms with Crippen LogP contribution in [0.15, 0.2) is 30.3 Å². The molecule has 1 atom stereocenters. The lowest BCUT2D eigenvalue weighted by Crippen LogP contribution is -1.94. The van der Waals surface area contributed by atoms with Crippen LogP contribution in [-0.2, 0) is 0 Å². The van der Waals surface area contributed by atoms with E-state index in [9.17, 15) is 0 Å². The molecule has 0 aliphatic heterocycles. The van der Waals surface area contributed by atoms with Gasteiger partial charge in [-0.25, -0.2) is 4.98 Å². The van der Waals surface area contributed by atoms with Crippen LogP contribution in [0, 0.1) is 6.92 Å². The van der Waals surface area contributed by atoms with Crippen molar-refractivity contribution >= 4 is 11.6 Å². The number of nitrogens with zero attached hydrogens (tertiary/aromatic N) is 2. The van der Waals surface area contributed by atoms with Gasteiger partial charge in [0.1, 0.15) is 5.75 Å². The van der Waals surface area contributed by atoms with Crippen LogP contribution in [0.3, 0.4) is 0 Å². The largest absolute Gasteiger partial charge is 0.439 e. The van der Waals surface area contributed by atoms with Crippen molar-refractivity contribution in [2.75, 3.05) is 0 Å². The van der Waals surface area contributed by atoms with Crippen molar-refractivity contribution in [3.8, 4) is 11.6 Å². The summed E-state index contributed by atoms with van der Waals surface area (Å²) in [4.78, 5) is 8.03. The van der Waals surface area contributed by atoms with Crippen molar-refractivity contribution in [2.45, 2.75) is 33.1 Å². The first kappa shape index (κ1) is 13.8. The molecule has 19 heavy (non-hydrogen) atoms. The Morgan fingerprint density at radius 3 is 2.47 bits per heavy atom. The van der Waals surface area contributed by atoms with Crippen LogP contribution < -0.4 is 4.74 Å². The van der Waals surface area contributed by atoms with Crippen molar-refractivity contribution in [1.82, 2.24) is 9.97 Å². The number of hydrogen-bond donors (Lipinski definition) is 0. The van der Waals surface area contributed by atoms with Gasteiger partial charge in [0.15, 0.2) is 0 Å². The molecule has 0 aliphatic carbocycles. The van der Waals surface area contributed by atoms with Crippen molar-refractivity contribution in [3.05, 3.63) is 46.9 Å². The van der Waals surface area contributed by atoms with Crippen molar-refractivity contribution in [1.29, 1.82) is 0 Å². The second-order valence-corrected chi connectivity index (χ2v) is 4.94. The maximum Gasteiger partial charge on any atom is 0.225 e. The van der Waals surface area contributed by atoms with E-state index in [4.69, 9.17) is 16.3 Å². The van der Waals surface area contributed by atoms with Gasteiger partial charge in [-0.3, -0.25) is 0 Å². The first-order valence-electron chi connectivity index (χ1n) is 6.37. The van der Waals surface area contributed by atoms with Crippen LogP contribution in [0.25, 0.3) is 0 Å². The van der Waals surface area contributed by atoms with Gasteiger partial charge in [-0.2, -0.15) is 4.98 Å². The van der Waals surface area contributed by atoms with Gasteiger partial charge in [-0.1, -0.05) is 26.0 Å². The van der Waals surface area contributed by atoms with Crippen LogP contribution in [0.5, 0.6) is 11.6 Å². The number of rotatable bonds is 4. The summed E-state index contributed by atoms with van der Waals surface area (Å²) in [6.45, 7) is 6.25. The fourth-order valence-electron chi connectivity index (χ4n) is 1.78. The number of ether oxygens (including phenoxy) is 1. The van der Waals surface area contributed by atoms with E-state index >= 15 is 0 Å². The Bertz CT molecular complexity index is 534. The molecular formula is C15H17ClN2O. The summed E-state index contributed by atoms with van der Waals surface area (Å²) in [7, 11) is 0. The molecular weight excluding hydrogens is 260 g/mol. The van der Waals surface area contributed by atoms with Gasteiger partial charge in [0, 0.05) is 11.8 Å². The van der Waals surface area contributed by atoms with Crippen LogP contribution in [0.1, 0.15) is 37.4 Å². The van der Waals surface area contributed by atoms with Crippen LogP contribution >= 0.6 is 11.6 Å². The van der Waals surface area contributed by atoms with E-state index < -0.39 is 0 Å². The molecule has 0 saturated heterocycles. The van der Waals surface area contributed by atoms with E-state index in [0.717, 1.165) is 17.9 Å². The number of aromatic nitrogens is 2. The normalized spacial score (nSPS) is 12.2. The van der Waals surface area contributed by atoms with Gasteiger partial charge in [-0.05, 0) is 48.6 Å². The lowest BCUT2D eigenvalue weighted by Gasteiger charge is -2.10. The highest BCUT2D eigenvalue weighted by Gasteiger charge is 2.05. The number of hydrogen-bond acceptors (Lipinski definition) is 3. The number of aryl methyl sites for hydroxylation is 1. The Morgan fingerprint density at radius 1 is 1.21 bits per heavy atom. The fourth-order valence-corrected chi connectivity index (χ4v) is 1.99. The Hall–Kier alpha value is -1.61. The standard InChI is InChI=1S/C15H17ClN2O/c1-4-10(2)12-5-7-13(8-6-12)19-14-9-11(3)17-15(16)18-14/h5-10H,4H2,1-3H3. The molecule has 0 aliphatic rings. The molecule has 0 spiro atoms. The monoisotopic (exact) mass is 276 g/mol. The van der Waals surface area contributed by atoms with Gasteiger partial charge in [0.25, 0.3) is 0 Å². The van der Waals surface area contributed by atoms with Gasteiger partial charge >= 0.3 is 0 Å². The van der Waals surface area contributed by atoms with Crippen LogP contribution in [0.2, 0.25) is 5.28 Å². The zero-order chi connectivity index (χ0) is 13.8. The predicted octanol–water partition coefficient (Wildman–Crippen LogP) is 4.74. The van der Waals surface area contributed by atoms with E-state index in [1.54, 1.807) is 6.07 Å². The molecule has 1 aromatic heterocycles. The van der Waals surface area contributed by atoms with Crippen molar-refractivity contribution in [2.24, 2.45) is 0 Å². The van der Waals surface area contributed by atoms with Gasteiger partial charge in [-0.15, -0.1) is 0 Å². The molecule has 0 radical (unpaired) electrons. The summed E-state index contributed by atoms with van der Waals surface area (Å²) in [5, 5.41) is 0.200. The maximum atomic E-state index is 5.80. The molecule has 1 aromatic carbocycles. The maximum absolute atomic E-state index is 5.80. The summed E-state index contributed by atoms with van der Waals surface area (Å²) in [5.41, 5.74) is 2.10. The predicted molar refractivity (Wildman–Crippen MR) is 77.0 cm³/mol. The third-order valence-electron chi connectivity index (χ3n) is 3.09. The van der Waals surface area contributed by atoms with E-state index in [-0.39, 0.29) is 5.28 Å². The Morgan fingerprint density at radius 2 is 1.89 bits per heavy atom. The molecule has 0 fully saturated rings. The minimum atomic E-state index is 0.200. The molecule has 2 rings (SSSR count). The lowest BCUT2D eigenvalue weighted by atomic mass is 9.99. The minimum absolute atomic E-state index is 0.200. The first-order valence-corrected chi connectivity index (χ1v) is 6.75. The Balaban J connectivity index is 2.15. The first-order chi connectivity index (χ1) is 9.08. The number of benzene rings is 1. The van der Waals surface area contributed by atoms with Crippen molar-refractivity contribution < 1.29 is 4.74 Å². The molecule has 0 N–H and O–H groups in total. The van der Waals surface area contributed by atoms with Crippen LogP contribution in [-0.4, -0.2) is 9.97 Å². The van der Waals surface area contributed by atoms with E-state index in [2.05, 4.69) is 35.9 Å². The SMILES string of the molecule is CCC(C)c1ccc(Oc2cc(C)nc(Cl)n2)cc1. The van der Waals surface area contributed by atoms with E-state index in [1.165, 1.54) is 5.56 Å². The molecule has 0 bridgehead atoms. The summed E-state index contributed by atoms with van der Waals surface area (Å²) in [6.07, 6.45) is 1.13. The van der Waals surface area contributed by atoms with Crippen LogP contribution in [0.4, 0.5) is 0 Å². The van der Waals surface area contributed by atoms with Gasteiger partial charge in [0.05, 0.1) is 0 Å². The molecule has 2 aromatic rings. The zero-order valence-electron chi connectivity index (χ0n) is 11.4. The quantitative estimate of drug-likeness (QED) is 0.756. The third kappa shape index (κ3) is 3.67. The van der Waals surface area contributed by atoms with Crippen molar-refractivity contribution in [3.63, 3.8) is 0 Å². The number of halogens is 1.